The van der Waals surface area contributed by atoms with Crippen LogP contribution in [0, 0.1) is 0 Å². The lowest BCUT2D eigenvalue weighted by molar-refractivity contribution is 0.0920. The average molecular weight is 259 g/mol. The van der Waals surface area contributed by atoms with Gasteiger partial charge in [-0.25, -0.2) is 0 Å². The molecule has 0 atom stereocenters. The Labute approximate surface area is 116 Å². The Kier molecular flexibility index (Phi) is 4.41. The van der Waals surface area contributed by atoms with Gasteiger partial charge in [0.05, 0.1) is 0 Å². The second-order valence-corrected chi connectivity index (χ2v) is 5.55. The summed E-state index contributed by atoms with van der Waals surface area (Å²) in [5.74, 6) is 0.338. The Hall–Kier alpha value is -1.15. The van der Waals surface area contributed by atoms with Gasteiger partial charge in [0.15, 0.2) is 5.78 Å². The van der Waals surface area contributed by atoms with Crippen molar-refractivity contribution in [2.24, 2.45) is 0 Å². The fourth-order valence-corrected chi connectivity index (χ4v) is 3.38. The van der Waals surface area contributed by atoms with Crippen LogP contribution < -0.4 is 0 Å². The van der Waals surface area contributed by atoms with Crippen molar-refractivity contribution in [3.8, 4) is 0 Å². The summed E-state index contributed by atoms with van der Waals surface area (Å²) in [5, 5.41) is 0. The van der Waals surface area contributed by atoms with Gasteiger partial charge >= 0.3 is 0 Å². The van der Waals surface area contributed by atoms with Crippen LogP contribution in [0.5, 0.6) is 0 Å². The van der Waals surface area contributed by atoms with Crippen molar-refractivity contribution in [1.82, 2.24) is 4.90 Å². The molecule has 1 aromatic carbocycles. The lowest BCUT2D eigenvalue weighted by Crippen LogP contribution is -2.43. The van der Waals surface area contributed by atoms with E-state index in [1.165, 1.54) is 18.4 Å². The molecule has 0 aromatic heterocycles. The van der Waals surface area contributed by atoms with Crippen LogP contribution in [0.2, 0.25) is 0 Å². The molecule has 1 fully saturated rings. The van der Waals surface area contributed by atoms with E-state index in [0.29, 0.717) is 5.78 Å². The van der Waals surface area contributed by atoms with Gasteiger partial charge in [0.25, 0.3) is 0 Å². The fourth-order valence-electron chi connectivity index (χ4n) is 3.38. The SMILES string of the molecule is CC.CN1CCC2(CCC(=O)c3ccccc32)CC1. The molecule has 0 unspecified atom stereocenters. The van der Waals surface area contributed by atoms with E-state index < -0.39 is 0 Å². The van der Waals surface area contributed by atoms with E-state index in [-0.39, 0.29) is 5.41 Å². The number of Topliss-reactive ketones (excluding diaryl/α,β-unsaturated/α-hetero) is 1. The van der Waals surface area contributed by atoms with Gasteiger partial charge in [0.2, 0.25) is 0 Å². The molecule has 0 radical (unpaired) electrons. The average Bonchev–Trinajstić information content (AvgIpc) is 2.48. The van der Waals surface area contributed by atoms with Crippen molar-refractivity contribution in [2.45, 2.75) is 44.9 Å². The summed E-state index contributed by atoms with van der Waals surface area (Å²) < 4.78 is 0. The van der Waals surface area contributed by atoms with Crippen molar-refractivity contribution in [3.05, 3.63) is 35.4 Å². The molecule has 1 spiro atoms. The van der Waals surface area contributed by atoms with Gasteiger partial charge in [-0.1, -0.05) is 38.1 Å². The summed E-state index contributed by atoms with van der Waals surface area (Å²) in [4.78, 5) is 14.4. The minimum absolute atomic E-state index is 0.289. The van der Waals surface area contributed by atoms with Crippen LogP contribution in [0.1, 0.15) is 55.5 Å². The van der Waals surface area contributed by atoms with Crippen molar-refractivity contribution in [3.63, 3.8) is 0 Å². The molecule has 1 aliphatic heterocycles. The minimum atomic E-state index is 0.289. The predicted molar refractivity (Wildman–Crippen MR) is 79.8 cm³/mol. The van der Waals surface area contributed by atoms with Gasteiger partial charge in [0, 0.05) is 12.0 Å². The van der Waals surface area contributed by atoms with Crippen LogP contribution in [-0.2, 0) is 5.41 Å². The van der Waals surface area contributed by atoms with E-state index in [9.17, 15) is 4.79 Å². The standard InChI is InChI=1S/C15H19NO.C2H6/c1-16-10-8-15(9-11-16)7-6-14(17)12-4-2-3-5-13(12)15;1-2/h2-5H,6-11H2,1H3;1-2H3. The molecule has 0 bridgehead atoms. The van der Waals surface area contributed by atoms with E-state index >= 15 is 0 Å². The lowest BCUT2D eigenvalue weighted by atomic mass is 9.64. The van der Waals surface area contributed by atoms with Crippen molar-refractivity contribution >= 4 is 5.78 Å². The van der Waals surface area contributed by atoms with Crippen LogP contribution in [0.15, 0.2) is 24.3 Å². The van der Waals surface area contributed by atoms with E-state index in [2.05, 4.69) is 24.1 Å². The highest BCUT2D eigenvalue weighted by Crippen LogP contribution is 2.44. The number of hydrogen-bond donors (Lipinski definition) is 0. The highest BCUT2D eigenvalue weighted by atomic mass is 16.1. The fraction of sp³-hybridized carbons (Fsp3) is 0.588. The molecule has 1 aromatic rings. The van der Waals surface area contributed by atoms with Gasteiger partial charge in [-0.2, -0.15) is 0 Å². The zero-order valence-corrected chi connectivity index (χ0v) is 12.4. The molecule has 1 heterocycles. The molecule has 2 heteroatoms. The second kappa shape index (κ2) is 5.87. The first kappa shape index (κ1) is 14.3. The Morgan fingerprint density at radius 1 is 1.05 bits per heavy atom. The lowest BCUT2D eigenvalue weighted by Gasteiger charge is -2.44. The van der Waals surface area contributed by atoms with Gasteiger partial charge in [0.1, 0.15) is 0 Å². The Bertz CT molecular complexity index is 444. The van der Waals surface area contributed by atoms with Gasteiger partial charge in [-0.05, 0) is 50.4 Å². The number of likely N-dealkylation sites (tertiary alicyclic amines) is 1. The van der Waals surface area contributed by atoms with Crippen LogP contribution in [0.25, 0.3) is 0 Å². The van der Waals surface area contributed by atoms with Crippen molar-refractivity contribution < 1.29 is 4.79 Å². The zero-order valence-electron chi connectivity index (χ0n) is 12.4. The number of carbonyl (C=O) groups excluding carboxylic acids is 1. The Morgan fingerprint density at radius 2 is 1.68 bits per heavy atom. The van der Waals surface area contributed by atoms with Crippen LogP contribution in [-0.4, -0.2) is 30.8 Å². The summed E-state index contributed by atoms with van der Waals surface area (Å²) in [6.07, 6.45) is 4.19. The Morgan fingerprint density at radius 3 is 2.37 bits per heavy atom. The molecule has 3 rings (SSSR count). The number of ketones is 1. The molecule has 2 aliphatic rings. The smallest absolute Gasteiger partial charge is 0.163 e. The molecule has 0 saturated carbocycles. The monoisotopic (exact) mass is 259 g/mol. The van der Waals surface area contributed by atoms with Crippen molar-refractivity contribution in [1.29, 1.82) is 0 Å². The maximum absolute atomic E-state index is 12.0. The minimum Gasteiger partial charge on any atom is -0.306 e. The number of hydrogen-bond acceptors (Lipinski definition) is 2. The topological polar surface area (TPSA) is 20.3 Å². The summed E-state index contributed by atoms with van der Waals surface area (Å²) in [6, 6.07) is 8.26. The quantitative estimate of drug-likeness (QED) is 0.709. The van der Waals surface area contributed by atoms with E-state index in [1.54, 1.807) is 0 Å². The van der Waals surface area contributed by atoms with Crippen molar-refractivity contribution in [2.75, 3.05) is 20.1 Å². The van der Waals surface area contributed by atoms with E-state index in [0.717, 1.165) is 31.5 Å². The number of fused-ring (bicyclic) bond motifs is 2. The summed E-state index contributed by atoms with van der Waals surface area (Å²) in [7, 11) is 2.19. The molecule has 104 valence electrons. The van der Waals surface area contributed by atoms with E-state index in [4.69, 9.17) is 0 Å². The molecular formula is C17H25NO. The summed E-state index contributed by atoms with van der Waals surface area (Å²) >= 11 is 0. The Balaban J connectivity index is 0.000000637. The highest BCUT2D eigenvalue weighted by Gasteiger charge is 2.40. The number of rotatable bonds is 0. The van der Waals surface area contributed by atoms with Crippen LogP contribution >= 0.6 is 0 Å². The zero-order chi connectivity index (χ0) is 13.9. The predicted octanol–water partition coefficient (Wildman–Crippen LogP) is 3.65. The largest absolute Gasteiger partial charge is 0.306 e. The van der Waals surface area contributed by atoms with E-state index in [1.807, 2.05) is 26.0 Å². The first-order valence-corrected chi connectivity index (χ1v) is 7.53. The maximum atomic E-state index is 12.0. The number of piperidine rings is 1. The molecule has 19 heavy (non-hydrogen) atoms. The van der Waals surface area contributed by atoms with Gasteiger partial charge in [-0.15, -0.1) is 0 Å². The number of nitrogens with zero attached hydrogens (tertiary/aromatic N) is 1. The van der Waals surface area contributed by atoms with Crippen LogP contribution in [0.4, 0.5) is 0 Å². The van der Waals surface area contributed by atoms with Gasteiger partial charge < -0.3 is 4.90 Å². The molecule has 0 N–H and O–H groups in total. The molecular weight excluding hydrogens is 234 g/mol. The second-order valence-electron chi connectivity index (χ2n) is 5.55. The number of benzene rings is 1. The molecule has 0 amide bonds. The summed E-state index contributed by atoms with van der Waals surface area (Å²) in [6.45, 7) is 6.31. The third kappa shape index (κ3) is 2.59. The number of carbonyl (C=O) groups is 1. The third-order valence-corrected chi connectivity index (χ3v) is 4.57. The normalized spacial score (nSPS) is 21.5. The first-order valence-electron chi connectivity index (χ1n) is 7.53. The highest BCUT2D eigenvalue weighted by molar-refractivity contribution is 5.99. The van der Waals surface area contributed by atoms with Crippen LogP contribution in [0.3, 0.4) is 0 Å². The molecule has 1 saturated heterocycles. The summed E-state index contributed by atoms with van der Waals surface area (Å²) in [5.41, 5.74) is 2.60. The molecule has 2 nitrogen and oxygen atoms in total. The van der Waals surface area contributed by atoms with Gasteiger partial charge in [-0.3, -0.25) is 4.79 Å². The maximum Gasteiger partial charge on any atom is 0.163 e. The molecule has 1 aliphatic carbocycles. The first-order chi connectivity index (χ1) is 9.21. The third-order valence-electron chi connectivity index (χ3n) is 4.57.